The molecule has 1 aliphatic rings. The molecule has 1 aromatic heterocycles. The van der Waals surface area contributed by atoms with Crippen molar-refractivity contribution in [1.82, 2.24) is 4.98 Å². The van der Waals surface area contributed by atoms with E-state index in [0.717, 1.165) is 18.5 Å². The summed E-state index contributed by atoms with van der Waals surface area (Å²) in [4.78, 5) is 4.61. The molecule has 1 heteroatoms. The summed E-state index contributed by atoms with van der Waals surface area (Å²) < 4.78 is 0. The zero-order chi connectivity index (χ0) is 15.6. The first kappa shape index (κ1) is 14.8. The van der Waals surface area contributed by atoms with E-state index >= 15 is 0 Å². The molecular formula is C21H23N. The van der Waals surface area contributed by atoms with Crippen LogP contribution in [0, 0.1) is 0 Å². The predicted molar refractivity (Wildman–Crippen MR) is 94.6 cm³/mol. The van der Waals surface area contributed by atoms with E-state index in [1.54, 1.807) is 0 Å². The van der Waals surface area contributed by atoms with Crippen molar-refractivity contribution >= 4 is 11.1 Å². The smallest absolute Gasteiger partial charge is 0.0664 e. The van der Waals surface area contributed by atoms with Crippen molar-refractivity contribution in [3.63, 3.8) is 0 Å². The Morgan fingerprint density at radius 3 is 2.50 bits per heavy atom. The number of benzene rings is 1. The summed E-state index contributed by atoms with van der Waals surface area (Å²) in [6.45, 7) is 6.74. The van der Waals surface area contributed by atoms with E-state index in [0.29, 0.717) is 0 Å². The number of nitrogens with zero attached hydrogens (tertiary/aromatic N) is 1. The minimum atomic E-state index is 0.158. The molecule has 0 aliphatic heterocycles. The molecular weight excluding hydrogens is 266 g/mol. The van der Waals surface area contributed by atoms with Crippen molar-refractivity contribution in [2.45, 2.75) is 39.0 Å². The lowest BCUT2D eigenvalue weighted by Gasteiger charge is -2.20. The normalized spacial score (nSPS) is 15.2. The number of pyridine rings is 1. The highest BCUT2D eigenvalue weighted by atomic mass is 14.7. The molecule has 0 amide bonds. The Morgan fingerprint density at radius 1 is 1.00 bits per heavy atom. The zero-order valence-corrected chi connectivity index (χ0v) is 13.6. The molecule has 0 spiro atoms. The van der Waals surface area contributed by atoms with Crippen LogP contribution in [0.5, 0.6) is 0 Å². The molecule has 22 heavy (non-hydrogen) atoms. The standard InChI is InChI=1S/C21H23N/c1-21(2,3)19-12-13-22-20(15-19)18-11-7-10-17(14-18)16-8-5-4-6-9-16/h4-6,8-10,12-15H,7,11H2,1-3H3. The highest BCUT2D eigenvalue weighted by molar-refractivity contribution is 5.85. The fraction of sp³-hybridized carbons (Fsp3) is 0.286. The second-order valence-electron chi connectivity index (χ2n) is 6.91. The lowest BCUT2D eigenvalue weighted by molar-refractivity contribution is 0.589. The first-order chi connectivity index (χ1) is 10.5. The number of hydrogen-bond donors (Lipinski definition) is 0. The zero-order valence-electron chi connectivity index (χ0n) is 13.6. The molecule has 0 bridgehead atoms. The van der Waals surface area contributed by atoms with E-state index in [-0.39, 0.29) is 5.41 Å². The summed E-state index contributed by atoms with van der Waals surface area (Å²) in [6, 6.07) is 15.0. The Bertz CT molecular complexity index is 715. The van der Waals surface area contributed by atoms with Crippen LogP contribution in [0.15, 0.2) is 60.8 Å². The van der Waals surface area contributed by atoms with Crippen LogP contribution in [0.25, 0.3) is 11.1 Å². The van der Waals surface area contributed by atoms with Gasteiger partial charge in [0.1, 0.15) is 0 Å². The van der Waals surface area contributed by atoms with Gasteiger partial charge in [-0.25, -0.2) is 0 Å². The van der Waals surface area contributed by atoms with Gasteiger partial charge in [0.2, 0.25) is 0 Å². The Kier molecular flexibility index (Phi) is 3.98. The van der Waals surface area contributed by atoms with Crippen molar-refractivity contribution in [3.8, 4) is 0 Å². The summed E-state index contributed by atoms with van der Waals surface area (Å²) in [5, 5.41) is 0. The second-order valence-corrected chi connectivity index (χ2v) is 6.91. The molecule has 0 fully saturated rings. The summed E-state index contributed by atoms with van der Waals surface area (Å²) in [6.07, 6.45) is 8.71. The van der Waals surface area contributed by atoms with E-state index < -0.39 is 0 Å². The molecule has 3 rings (SSSR count). The lowest BCUT2D eigenvalue weighted by atomic mass is 9.86. The number of rotatable bonds is 2. The Hall–Kier alpha value is -2.15. The van der Waals surface area contributed by atoms with Gasteiger partial charge in [0.25, 0.3) is 0 Å². The summed E-state index contributed by atoms with van der Waals surface area (Å²) in [5.41, 5.74) is 6.55. The van der Waals surface area contributed by atoms with Gasteiger partial charge in [0.05, 0.1) is 5.69 Å². The lowest BCUT2D eigenvalue weighted by Crippen LogP contribution is -2.11. The molecule has 1 nitrogen and oxygen atoms in total. The number of allylic oxidation sites excluding steroid dienone is 4. The fourth-order valence-corrected chi connectivity index (χ4v) is 2.81. The minimum absolute atomic E-state index is 0.158. The molecule has 1 heterocycles. The molecule has 1 aromatic carbocycles. The molecule has 0 saturated heterocycles. The van der Waals surface area contributed by atoms with Gasteiger partial charge in [-0.1, -0.05) is 57.2 Å². The van der Waals surface area contributed by atoms with E-state index in [2.05, 4.69) is 80.4 Å². The van der Waals surface area contributed by atoms with Crippen molar-refractivity contribution in [3.05, 3.63) is 77.6 Å². The van der Waals surface area contributed by atoms with E-state index in [1.807, 2.05) is 6.20 Å². The molecule has 0 unspecified atom stereocenters. The van der Waals surface area contributed by atoms with E-state index in [4.69, 9.17) is 0 Å². The summed E-state index contributed by atoms with van der Waals surface area (Å²) in [5.74, 6) is 0. The highest BCUT2D eigenvalue weighted by Gasteiger charge is 2.16. The van der Waals surface area contributed by atoms with Crippen molar-refractivity contribution in [2.75, 3.05) is 0 Å². The maximum Gasteiger partial charge on any atom is 0.0664 e. The molecule has 0 radical (unpaired) electrons. The average Bonchev–Trinajstić information content (AvgIpc) is 2.55. The molecule has 112 valence electrons. The minimum Gasteiger partial charge on any atom is -0.257 e. The highest BCUT2D eigenvalue weighted by Crippen LogP contribution is 2.32. The van der Waals surface area contributed by atoms with Crippen LogP contribution in [0.2, 0.25) is 0 Å². The summed E-state index contributed by atoms with van der Waals surface area (Å²) in [7, 11) is 0. The van der Waals surface area contributed by atoms with Crippen molar-refractivity contribution in [2.24, 2.45) is 0 Å². The second kappa shape index (κ2) is 5.92. The van der Waals surface area contributed by atoms with Gasteiger partial charge in [-0.2, -0.15) is 0 Å². The fourth-order valence-electron chi connectivity index (χ4n) is 2.81. The quantitative estimate of drug-likeness (QED) is 0.697. The molecule has 0 atom stereocenters. The van der Waals surface area contributed by atoms with Crippen LogP contribution in [0.4, 0.5) is 0 Å². The van der Waals surface area contributed by atoms with Gasteiger partial charge < -0.3 is 0 Å². The average molecular weight is 289 g/mol. The molecule has 2 aromatic rings. The first-order valence-corrected chi connectivity index (χ1v) is 7.97. The molecule has 0 saturated carbocycles. The Morgan fingerprint density at radius 2 is 1.77 bits per heavy atom. The van der Waals surface area contributed by atoms with Gasteiger partial charge in [-0.05, 0) is 58.7 Å². The van der Waals surface area contributed by atoms with Gasteiger partial charge in [0.15, 0.2) is 0 Å². The maximum atomic E-state index is 4.61. The predicted octanol–water partition coefficient (Wildman–Crippen LogP) is 5.64. The van der Waals surface area contributed by atoms with Crippen LogP contribution >= 0.6 is 0 Å². The van der Waals surface area contributed by atoms with Gasteiger partial charge in [0, 0.05) is 6.20 Å². The Labute approximate surface area is 133 Å². The van der Waals surface area contributed by atoms with Crippen LogP contribution in [0.3, 0.4) is 0 Å². The SMILES string of the molecule is CC(C)(C)c1ccnc(C2=CC(c3ccccc3)=CCC2)c1. The first-order valence-electron chi connectivity index (χ1n) is 7.97. The Balaban J connectivity index is 1.96. The topological polar surface area (TPSA) is 12.9 Å². The number of aromatic nitrogens is 1. The van der Waals surface area contributed by atoms with Crippen LogP contribution < -0.4 is 0 Å². The van der Waals surface area contributed by atoms with Crippen LogP contribution in [-0.2, 0) is 5.41 Å². The van der Waals surface area contributed by atoms with Crippen molar-refractivity contribution < 1.29 is 0 Å². The van der Waals surface area contributed by atoms with Gasteiger partial charge >= 0.3 is 0 Å². The number of hydrogen-bond acceptors (Lipinski definition) is 1. The van der Waals surface area contributed by atoms with Crippen LogP contribution in [0.1, 0.15) is 50.4 Å². The van der Waals surface area contributed by atoms with E-state index in [9.17, 15) is 0 Å². The van der Waals surface area contributed by atoms with E-state index in [1.165, 1.54) is 22.3 Å². The third-order valence-corrected chi connectivity index (χ3v) is 4.17. The largest absolute Gasteiger partial charge is 0.257 e. The monoisotopic (exact) mass is 289 g/mol. The van der Waals surface area contributed by atoms with Gasteiger partial charge in [-0.3, -0.25) is 4.98 Å². The van der Waals surface area contributed by atoms with Gasteiger partial charge in [-0.15, -0.1) is 0 Å². The third kappa shape index (κ3) is 3.19. The third-order valence-electron chi connectivity index (χ3n) is 4.17. The summed E-state index contributed by atoms with van der Waals surface area (Å²) >= 11 is 0. The molecule has 0 N–H and O–H groups in total. The molecule has 1 aliphatic carbocycles. The van der Waals surface area contributed by atoms with Crippen LogP contribution in [-0.4, -0.2) is 4.98 Å². The van der Waals surface area contributed by atoms with Crippen molar-refractivity contribution in [1.29, 1.82) is 0 Å². The maximum absolute atomic E-state index is 4.61.